The van der Waals surface area contributed by atoms with E-state index >= 15 is 0 Å². The molecule has 2 N–H and O–H groups in total. The summed E-state index contributed by atoms with van der Waals surface area (Å²) in [6.07, 6.45) is 6.11. The standard InChI is InChI=1S/C24H29N3O4/c28-22-16-31-15-21(27(22)14-20-8-4-5-13-25-20)23(29)17-9-11-19(12-10-17)26-24(30)18-6-2-1-3-7-18/h4-5,8-13,18,21,23,29H,1-3,6-7,14-16H2,(H,26,30)/t21-,23-/m1/s1. The van der Waals surface area contributed by atoms with Crippen LogP contribution in [-0.2, 0) is 20.9 Å². The monoisotopic (exact) mass is 423 g/mol. The molecular weight excluding hydrogens is 394 g/mol. The highest BCUT2D eigenvalue weighted by molar-refractivity contribution is 5.92. The summed E-state index contributed by atoms with van der Waals surface area (Å²) in [6, 6.07) is 12.2. The van der Waals surface area contributed by atoms with Gasteiger partial charge in [0.25, 0.3) is 0 Å². The molecule has 2 aromatic rings. The Bertz CT molecular complexity index is 881. The first-order valence-corrected chi connectivity index (χ1v) is 11.0. The Labute approximate surface area is 182 Å². The van der Waals surface area contributed by atoms with Gasteiger partial charge in [0.2, 0.25) is 11.8 Å². The second kappa shape index (κ2) is 10.0. The maximum absolute atomic E-state index is 12.5. The zero-order valence-electron chi connectivity index (χ0n) is 17.6. The zero-order chi connectivity index (χ0) is 21.6. The van der Waals surface area contributed by atoms with Crippen LogP contribution in [0.15, 0.2) is 48.7 Å². The van der Waals surface area contributed by atoms with Gasteiger partial charge in [0, 0.05) is 17.8 Å². The van der Waals surface area contributed by atoms with Gasteiger partial charge in [-0.05, 0) is 42.7 Å². The highest BCUT2D eigenvalue weighted by Crippen LogP contribution is 2.28. The number of hydrogen-bond acceptors (Lipinski definition) is 5. The molecule has 2 atom stereocenters. The molecule has 2 fully saturated rings. The Morgan fingerprint density at radius 3 is 2.65 bits per heavy atom. The number of aromatic nitrogens is 1. The zero-order valence-corrected chi connectivity index (χ0v) is 17.6. The second-order valence-corrected chi connectivity index (χ2v) is 8.32. The average molecular weight is 424 g/mol. The number of carbonyl (C=O) groups excluding carboxylic acids is 2. The van der Waals surface area contributed by atoms with Crippen LogP contribution in [0.5, 0.6) is 0 Å². The minimum Gasteiger partial charge on any atom is -0.386 e. The molecule has 7 heteroatoms. The summed E-state index contributed by atoms with van der Waals surface area (Å²) in [4.78, 5) is 30.9. The molecule has 7 nitrogen and oxygen atoms in total. The fourth-order valence-electron chi connectivity index (χ4n) is 4.35. The average Bonchev–Trinajstić information content (AvgIpc) is 2.82. The lowest BCUT2D eigenvalue weighted by Crippen LogP contribution is -2.51. The van der Waals surface area contributed by atoms with Gasteiger partial charge in [-0.25, -0.2) is 0 Å². The predicted molar refractivity (Wildman–Crippen MR) is 116 cm³/mol. The van der Waals surface area contributed by atoms with Gasteiger partial charge in [0.05, 0.1) is 24.9 Å². The Hall–Kier alpha value is -2.77. The third-order valence-electron chi connectivity index (χ3n) is 6.15. The summed E-state index contributed by atoms with van der Waals surface area (Å²) in [5, 5.41) is 14.0. The summed E-state index contributed by atoms with van der Waals surface area (Å²) >= 11 is 0. The molecule has 1 saturated carbocycles. The number of aliphatic hydroxyl groups excluding tert-OH is 1. The SMILES string of the molecule is O=C(Nc1ccc([C@@H](O)[C@H]2COCC(=O)N2Cc2ccccn2)cc1)C1CCCCC1. The smallest absolute Gasteiger partial charge is 0.249 e. The minimum atomic E-state index is -0.906. The van der Waals surface area contributed by atoms with Crippen LogP contribution in [0.2, 0.25) is 0 Å². The molecule has 2 amide bonds. The van der Waals surface area contributed by atoms with Gasteiger partial charge >= 0.3 is 0 Å². The topological polar surface area (TPSA) is 91.8 Å². The normalized spacial score (nSPS) is 21.0. The van der Waals surface area contributed by atoms with Crippen molar-refractivity contribution >= 4 is 17.5 Å². The molecule has 0 radical (unpaired) electrons. The number of amides is 2. The first-order chi connectivity index (χ1) is 15.1. The van der Waals surface area contributed by atoms with Gasteiger partial charge in [0.15, 0.2) is 0 Å². The van der Waals surface area contributed by atoms with Crippen molar-refractivity contribution in [3.05, 3.63) is 59.9 Å². The quantitative estimate of drug-likeness (QED) is 0.745. The minimum absolute atomic E-state index is 0.00217. The Kier molecular flexibility index (Phi) is 6.94. The van der Waals surface area contributed by atoms with Crippen molar-refractivity contribution in [1.82, 2.24) is 9.88 Å². The fourth-order valence-corrected chi connectivity index (χ4v) is 4.35. The van der Waals surface area contributed by atoms with E-state index in [1.165, 1.54) is 6.42 Å². The van der Waals surface area contributed by atoms with Gasteiger partial charge in [-0.3, -0.25) is 14.6 Å². The lowest BCUT2D eigenvalue weighted by molar-refractivity contribution is -0.155. The Balaban J connectivity index is 1.42. The first-order valence-electron chi connectivity index (χ1n) is 11.0. The molecule has 1 aromatic heterocycles. The van der Waals surface area contributed by atoms with E-state index < -0.39 is 12.1 Å². The van der Waals surface area contributed by atoms with E-state index in [2.05, 4.69) is 10.3 Å². The summed E-state index contributed by atoms with van der Waals surface area (Å²) in [5.74, 6) is -0.0114. The van der Waals surface area contributed by atoms with Crippen LogP contribution in [-0.4, -0.2) is 46.1 Å². The van der Waals surface area contributed by atoms with Crippen molar-refractivity contribution in [2.24, 2.45) is 5.92 Å². The Morgan fingerprint density at radius 1 is 1.16 bits per heavy atom. The summed E-state index contributed by atoms with van der Waals surface area (Å²) in [5.41, 5.74) is 2.15. The van der Waals surface area contributed by atoms with Crippen molar-refractivity contribution in [3.8, 4) is 0 Å². The van der Waals surface area contributed by atoms with Crippen LogP contribution in [0.25, 0.3) is 0 Å². The molecule has 0 bridgehead atoms. The van der Waals surface area contributed by atoms with Gasteiger partial charge in [-0.1, -0.05) is 37.5 Å². The molecule has 0 spiro atoms. The largest absolute Gasteiger partial charge is 0.386 e. The molecule has 0 unspecified atom stereocenters. The van der Waals surface area contributed by atoms with E-state index in [1.54, 1.807) is 35.4 Å². The number of benzene rings is 1. The van der Waals surface area contributed by atoms with Crippen LogP contribution in [0.1, 0.15) is 49.5 Å². The van der Waals surface area contributed by atoms with Crippen LogP contribution in [0.4, 0.5) is 5.69 Å². The molecule has 1 aliphatic heterocycles. The van der Waals surface area contributed by atoms with E-state index in [9.17, 15) is 14.7 Å². The molecule has 1 aliphatic carbocycles. The number of nitrogens with one attached hydrogen (secondary N) is 1. The number of rotatable bonds is 6. The summed E-state index contributed by atoms with van der Waals surface area (Å²) < 4.78 is 5.42. The van der Waals surface area contributed by atoms with Gasteiger partial charge < -0.3 is 20.1 Å². The van der Waals surface area contributed by atoms with Crippen LogP contribution >= 0.6 is 0 Å². The highest BCUT2D eigenvalue weighted by atomic mass is 16.5. The number of aliphatic hydroxyl groups is 1. The van der Waals surface area contributed by atoms with Crippen molar-refractivity contribution in [2.45, 2.75) is 50.8 Å². The van der Waals surface area contributed by atoms with Crippen molar-refractivity contribution in [2.75, 3.05) is 18.5 Å². The van der Waals surface area contributed by atoms with Crippen LogP contribution in [0.3, 0.4) is 0 Å². The maximum Gasteiger partial charge on any atom is 0.249 e. The number of hydrogen-bond donors (Lipinski definition) is 2. The van der Waals surface area contributed by atoms with Crippen molar-refractivity contribution < 1.29 is 19.4 Å². The molecule has 2 heterocycles. The Morgan fingerprint density at radius 2 is 1.94 bits per heavy atom. The van der Waals surface area contributed by atoms with Crippen molar-refractivity contribution in [1.29, 1.82) is 0 Å². The first kappa shape index (κ1) is 21.5. The molecule has 1 aromatic carbocycles. The molecule has 1 saturated heterocycles. The van der Waals surface area contributed by atoms with Gasteiger partial charge in [-0.2, -0.15) is 0 Å². The molecule has 31 heavy (non-hydrogen) atoms. The molecule has 164 valence electrons. The van der Waals surface area contributed by atoms with E-state index in [1.807, 2.05) is 18.2 Å². The lowest BCUT2D eigenvalue weighted by Gasteiger charge is -2.38. The van der Waals surface area contributed by atoms with Crippen LogP contribution in [0, 0.1) is 5.92 Å². The number of ether oxygens (including phenoxy) is 1. The van der Waals surface area contributed by atoms with Gasteiger partial charge in [-0.15, -0.1) is 0 Å². The van der Waals surface area contributed by atoms with Crippen LogP contribution < -0.4 is 5.32 Å². The van der Waals surface area contributed by atoms with Gasteiger partial charge in [0.1, 0.15) is 12.7 Å². The number of pyridine rings is 1. The summed E-state index contributed by atoms with van der Waals surface area (Å²) in [7, 11) is 0. The van der Waals surface area contributed by atoms with E-state index in [0.29, 0.717) is 17.8 Å². The summed E-state index contributed by atoms with van der Waals surface area (Å²) in [6.45, 7) is 0.572. The number of nitrogens with zero attached hydrogens (tertiary/aromatic N) is 2. The fraction of sp³-hybridized carbons (Fsp3) is 0.458. The predicted octanol–water partition coefficient (Wildman–Crippen LogP) is 3.06. The molecular formula is C24H29N3O4. The highest BCUT2D eigenvalue weighted by Gasteiger charge is 2.35. The van der Waals surface area contributed by atoms with E-state index in [0.717, 1.165) is 31.4 Å². The van der Waals surface area contributed by atoms with E-state index in [4.69, 9.17) is 4.74 Å². The molecule has 4 rings (SSSR count). The number of anilines is 1. The third kappa shape index (κ3) is 5.29. The molecule has 2 aliphatic rings. The number of morpholine rings is 1. The van der Waals surface area contributed by atoms with E-state index in [-0.39, 0.29) is 30.9 Å². The third-order valence-corrected chi connectivity index (χ3v) is 6.15. The second-order valence-electron chi connectivity index (χ2n) is 8.32. The lowest BCUT2D eigenvalue weighted by atomic mass is 9.88. The maximum atomic E-state index is 12.5. The number of carbonyl (C=O) groups is 2. The van der Waals surface area contributed by atoms with Crippen molar-refractivity contribution in [3.63, 3.8) is 0 Å².